The number of hydrogen-bond acceptors (Lipinski definition) is 3. The predicted molar refractivity (Wildman–Crippen MR) is 87.2 cm³/mol. The van der Waals surface area contributed by atoms with Gasteiger partial charge in [0.2, 0.25) is 5.91 Å². The Morgan fingerprint density at radius 1 is 1.29 bits per heavy atom. The van der Waals surface area contributed by atoms with Crippen LogP contribution >= 0.6 is 0 Å². The fraction of sp³-hybridized carbons (Fsp3) is 0.588. The van der Waals surface area contributed by atoms with E-state index in [1.165, 1.54) is 0 Å². The maximum Gasteiger partial charge on any atom is 0.223 e. The first-order valence-corrected chi connectivity index (χ1v) is 7.63. The zero-order valence-corrected chi connectivity index (χ0v) is 13.6. The largest absolute Gasteiger partial charge is 0.399 e. The van der Waals surface area contributed by atoms with Crippen LogP contribution < -0.4 is 5.73 Å². The van der Waals surface area contributed by atoms with Crippen LogP contribution in [0.1, 0.15) is 45.1 Å². The number of rotatable bonds is 8. The Morgan fingerprint density at radius 2 is 1.90 bits per heavy atom. The van der Waals surface area contributed by atoms with Crippen molar-refractivity contribution in [2.75, 3.05) is 26.0 Å². The Kier molecular flexibility index (Phi) is 7.23. The number of nitrogen functional groups attached to an aromatic ring is 1. The fourth-order valence-corrected chi connectivity index (χ4v) is 2.32. The molecule has 0 aliphatic rings. The first kappa shape index (κ1) is 17.5. The molecule has 0 aromatic heterocycles. The Bertz CT molecular complexity index is 431. The maximum absolute atomic E-state index is 12.5. The van der Waals surface area contributed by atoms with Gasteiger partial charge in [-0.15, -0.1) is 0 Å². The molecule has 0 spiro atoms. The van der Waals surface area contributed by atoms with Gasteiger partial charge in [-0.1, -0.05) is 26.0 Å². The molecule has 1 aromatic rings. The highest BCUT2D eigenvalue weighted by Crippen LogP contribution is 2.22. The number of benzene rings is 1. The number of carbonyl (C=O) groups excluding carboxylic acids is 1. The SMILES string of the molecule is CCC(C)N(CCOC)C(=O)CC(C)c1ccc(N)cc1. The van der Waals surface area contributed by atoms with Crippen LogP contribution in [0, 0.1) is 0 Å². The van der Waals surface area contributed by atoms with E-state index >= 15 is 0 Å². The Hall–Kier alpha value is -1.55. The molecule has 1 aromatic carbocycles. The van der Waals surface area contributed by atoms with Crippen LogP contribution in [0.2, 0.25) is 0 Å². The molecule has 4 heteroatoms. The number of hydrogen-bond donors (Lipinski definition) is 1. The summed E-state index contributed by atoms with van der Waals surface area (Å²) >= 11 is 0. The minimum atomic E-state index is 0.186. The van der Waals surface area contributed by atoms with Crippen molar-refractivity contribution >= 4 is 11.6 Å². The summed E-state index contributed by atoms with van der Waals surface area (Å²) in [4.78, 5) is 14.5. The van der Waals surface area contributed by atoms with Crippen molar-refractivity contribution in [2.45, 2.75) is 45.6 Å². The average Bonchev–Trinajstić information content (AvgIpc) is 2.47. The Balaban J connectivity index is 2.68. The molecule has 118 valence electrons. The van der Waals surface area contributed by atoms with Crippen LogP contribution in [-0.4, -0.2) is 37.1 Å². The third-order valence-corrected chi connectivity index (χ3v) is 3.97. The highest BCUT2D eigenvalue weighted by Gasteiger charge is 2.21. The normalized spacial score (nSPS) is 13.7. The van der Waals surface area contributed by atoms with E-state index in [1.54, 1.807) is 7.11 Å². The molecule has 2 unspecified atom stereocenters. The number of methoxy groups -OCH3 is 1. The fourth-order valence-electron chi connectivity index (χ4n) is 2.32. The zero-order chi connectivity index (χ0) is 15.8. The number of nitrogens with two attached hydrogens (primary N) is 1. The zero-order valence-electron chi connectivity index (χ0n) is 13.6. The number of anilines is 1. The van der Waals surface area contributed by atoms with Crippen LogP contribution in [0.4, 0.5) is 5.69 Å². The number of carbonyl (C=O) groups is 1. The van der Waals surface area contributed by atoms with Crippen LogP contribution in [0.25, 0.3) is 0 Å². The molecule has 0 aliphatic heterocycles. The molecule has 0 fully saturated rings. The third kappa shape index (κ3) is 5.38. The van der Waals surface area contributed by atoms with Crippen molar-refractivity contribution in [3.63, 3.8) is 0 Å². The van der Waals surface area contributed by atoms with Gasteiger partial charge in [-0.05, 0) is 37.0 Å². The summed E-state index contributed by atoms with van der Waals surface area (Å²) in [7, 11) is 1.66. The lowest BCUT2D eigenvalue weighted by Gasteiger charge is -2.29. The molecule has 1 rings (SSSR count). The lowest BCUT2D eigenvalue weighted by Crippen LogP contribution is -2.40. The van der Waals surface area contributed by atoms with Gasteiger partial charge < -0.3 is 15.4 Å². The summed E-state index contributed by atoms with van der Waals surface area (Å²) in [6.07, 6.45) is 1.46. The minimum absolute atomic E-state index is 0.186. The summed E-state index contributed by atoms with van der Waals surface area (Å²) in [5, 5.41) is 0. The molecular weight excluding hydrogens is 264 g/mol. The van der Waals surface area contributed by atoms with Gasteiger partial charge in [-0.3, -0.25) is 4.79 Å². The smallest absolute Gasteiger partial charge is 0.223 e. The van der Waals surface area contributed by atoms with Gasteiger partial charge >= 0.3 is 0 Å². The van der Waals surface area contributed by atoms with E-state index in [9.17, 15) is 4.79 Å². The maximum atomic E-state index is 12.5. The molecule has 2 atom stereocenters. The van der Waals surface area contributed by atoms with Gasteiger partial charge in [0.25, 0.3) is 0 Å². The van der Waals surface area contributed by atoms with E-state index in [2.05, 4.69) is 20.8 Å². The molecule has 0 bridgehead atoms. The first-order chi connectivity index (χ1) is 9.99. The molecule has 1 amide bonds. The molecule has 0 heterocycles. The number of nitrogens with zero attached hydrogens (tertiary/aromatic N) is 1. The van der Waals surface area contributed by atoms with E-state index in [-0.39, 0.29) is 17.9 Å². The van der Waals surface area contributed by atoms with Gasteiger partial charge in [0.15, 0.2) is 0 Å². The second kappa shape index (κ2) is 8.67. The molecule has 0 saturated carbocycles. The van der Waals surface area contributed by atoms with Crippen molar-refractivity contribution in [1.82, 2.24) is 4.90 Å². The highest BCUT2D eigenvalue weighted by molar-refractivity contribution is 5.77. The molecule has 0 radical (unpaired) electrons. The van der Waals surface area contributed by atoms with Gasteiger partial charge in [-0.25, -0.2) is 0 Å². The third-order valence-electron chi connectivity index (χ3n) is 3.97. The number of amides is 1. The molecule has 0 saturated heterocycles. The second-order valence-corrected chi connectivity index (χ2v) is 5.61. The van der Waals surface area contributed by atoms with Crippen LogP contribution in [-0.2, 0) is 9.53 Å². The predicted octanol–water partition coefficient (Wildman–Crippen LogP) is 3.04. The summed E-state index contributed by atoms with van der Waals surface area (Å²) in [5.41, 5.74) is 7.60. The summed E-state index contributed by atoms with van der Waals surface area (Å²) < 4.78 is 5.11. The summed E-state index contributed by atoms with van der Waals surface area (Å²) in [6, 6.07) is 8.00. The lowest BCUT2D eigenvalue weighted by atomic mass is 9.96. The molecule has 21 heavy (non-hydrogen) atoms. The summed E-state index contributed by atoms with van der Waals surface area (Å²) in [5.74, 6) is 0.373. The van der Waals surface area contributed by atoms with Crippen molar-refractivity contribution in [1.29, 1.82) is 0 Å². The monoisotopic (exact) mass is 292 g/mol. The molecular formula is C17H28N2O2. The van der Waals surface area contributed by atoms with Gasteiger partial charge in [-0.2, -0.15) is 0 Å². The van der Waals surface area contributed by atoms with Crippen molar-refractivity contribution in [2.24, 2.45) is 0 Å². The van der Waals surface area contributed by atoms with Crippen LogP contribution in [0.3, 0.4) is 0 Å². The topological polar surface area (TPSA) is 55.6 Å². The minimum Gasteiger partial charge on any atom is -0.399 e. The van der Waals surface area contributed by atoms with Crippen LogP contribution in [0.15, 0.2) is 24.3 Å². The molecule has 2 N–H and O–H groups in total. The van der Waals surface area contributed by atoms with Crippen molar-refractivity contribution < 1.29 is 9.53 Å². The van der Waals surface area contributed by atoms with Gasteiger partial charge in [0, 0.05) is 31.8 Å². The average molecular weight is 292 g/mol. The summed E-state index contributed by atoms with van der Waals surface area (Å²) in [6.45, 7) is 7.49. The van der Waals surface area contributed by atoms with E-state index in [0.29, 0.717) is 19.6 Å². The van der Waals surface area contributed by atoms with Crippen molar-refractivity contribution in [3.05, 3.63) is 29.8 Å². The Morgan fingerprint density at radius 3 is 2.43 bits per heavy atom. The standard InChI is InChI=1S/C17H28N2O2/c1-5-14(3)19(10-11-21-4)17(20)12-13(2)15-6-8-16(18)9-7-15/h6-9,13-14H,5,10-12,18H2,1-4H3. The highest BCUT2D eigenvalue weighted by atomic mass is 16.5. The molecule has 4 nitrogen and oxygen atoms in total. The lowest BCUT2D eigenvalue weighted by molar-refractivity contribution is -0.134. The first-order valence-electron chi connectivity index (χ1n) is 7.63. The van der Waals surface area contributed by atoms with E-state index in [4.69, 9.17) is 10.5 Å². The quantitative estimate of drug-likeness (QED) is 0.749. The van der Waals surface area contributed by atoms with Gasteiger partial charge in [0.1, 0.15) is 0 Å². The van der Waals surface area contributed by atoms with Gasteiger partial charge in [0.05, 0.1) is 6.61 Å². The van der Waals surface area contributed by atoms with Crippen molar-refractivity contribution in [3.8, 4) is 0 Å². The number of ether oxygens (including phenoxy) is 1. The molecule has 0 aliphatic carbocycles. The Labute approximate surface area is 128 Å². The van der Waals surface area contributed by atoms with E-state index in [1.807, 2.05) is 29.2 Å². The van der Waals surface area contributed by atoms with Crippen LogP contribution in [0.5, 0.6) is 0 Å². The second-order valence-electron chi connectivity index (χ2n) is 5.61. The van der Waals surface area contributed by atoms with E-state index < -0.39 is 0 Å². The van der Waals surface area contributed by atoms with E-state index in [0.717, 1.165) is 17.7 Å².